The Morgan fingerprint density at radius 3 is 2.69 bits per heavy atom. The number of hydrogen-bond donors (Lipinski definition) is 2. The summed E-state index contributed by atoms with van der Waals surface area (Å²) in [5, 5.41) is 13.6. The lowest BCUT2D eigenvalue weighted by Gasteiger charge is -2.29. The molecule has 1 aromatic rings. The normalized spacial score (nSPS) is 13.9. The lowest BCUT2D eigenvalue weighted by atomic mass is 9.98. The molecule has 0 heterocycles. The highest BCUT2D eigenvalue weighted by Crippen LogP contribution is 2.22. The van der Waals surface area contributed by atoms with Crippen LogP contribution in [0.2, 0.25) is 5.02 Å². The van der Waals surface area contributed by atoms with Gasteiger partial charge in [-0.05, 0) is 44.5 Å². The third-order valence-corrected chi connectivity index (χ3v) is 3.80. The molecule has 2 nitrogen and oxygen atoms in total. The van der Waals surface area contributed by atoms with Gasteiger partial charge in [-0.25, -0.2) is 0 Å². The van der Waals surface area contributed by atoms with Gasteiger partial charge in [0.05, 0.1) is 6.10 Å². The molecule has 1 unspecified atom stereocenters. The Kier molecular flexibility index (Phi) is 4.80. The molecule has 2 N–H and O–H groups in total. The first kappa shape index (κ1) is 14.0. The van der Waals surface area contributed by atoms with Crippen LogP contribution in [0.5, 0.6) is 0 Å². The minimum Gasteiger partial charge on any atom is -0.392 e. The van der Waals surface area contributed by atoms with E-state index in [1.807, 2.05) is 32.0 Å². The number of aliphatic hydroxyl groups is 1. The van der Waals surface area contributed by atoms with E-state index in [2.05, 4.69) is 21.2 Å². The van der Waals surface area contributed by atoms with Gasteiger partial charge < -0.3 is 10.4 Å². The fourth-order valence-electron chi connectivity index (χ4n) is 1.15. The Morgan fingerprint density at radius 2 is 2.12 bits per heavy atom. The molecule has 0 aromatic heterocycles. The molecule has 1 rings (SSSR count). The van der Waals surface area contributed by atoms with Crippen LogP contribution in [-0.4, -0.2) is 16.7 Å². The van der Waals surface area contributed by atoms with Crippen LogP contribution in [0.25, 0.3) is 0 Å². The van der Waals surface area contributed by atoms with Crippen LogP contribution >= 0.6 is 27.5 Å². The van der Waals surface area contributed by atoms with E-state index < -0.39 is 6.10 Å². The van der Waals surface area contributed by atoms with Crippen molar-refractivity contribution in [3.05, 3.63) is 33.3 Å². The maximum absolute atomic E-state index is 9.58. The van der Waals surface area contributed by atoms with E-state index in [9.17, 15) is 5.11 Å². The Hall–Kier alpha value is -0.0900. The molecule has 4 heteroatoms. The summed E-state index contributed by atoms with van der Waals surface area (Å²) in [7, 11) is 0. The summed E-state index contributed by atoms with van der Waals surface area (Å²) < 4.78 is 1.02. The summed E-state index contributed by atoms with van der Waals surface area (Å²) in [6, 6.07) is 5.68. The second-order valence-corrected chi connectivity index (χ2v) is 5.78. The van der Waals surface area contributed by atoms with E-state index in [0.717, 1.165) is 15.1 Å². The first-order valence-corrected chi connectivity index (χ1v) is 6.37. The van der Waals surface area contributed by atoms with Crippen molar-refractivity contribution in [3.63, 3.8) is 0 Å². The van der Waals surface area contributed by atoms with Crippen molar-refractivity contribution in [2.24, 2.45) is 0 Å². The van der Waals surface area contributed by atoms with Crippen LogP contribution in [0.3, 0.4) is 0 Å². The molecule has 0 saturated carbocycles. The minimum atomic E-state index is -0.412. The molecule has 0 amide bonds. The second-order valence-electron chi connectivity index (χ2n) is 4.49. The monoisotopic (exact) mass is 305 g/mol. The summed E-state index contributed by atoms with van der Waals surface area (Å²) in [6.07, 6.45) is -0.412. The van der Waals surface area contributed by atoms with Gasteiger partial charge in [0.25, 0.3) is 0 Å². The summed E-state index contributed by atoms with van der Waals surface area (Å²) in [5.41, 5.74) is 0.767. The molecular formula is C12H17BrClNO. The summed E-state index contributed by atoms with van der Waals surface area (Å²) in [6.45, 7) is 6.38. The summed E-state index contributed by atoms with van der Waals surface area (Å²) in [5.74, 6) is 0. The number of hydrogen-bond acceptors (Lipinski definition) is 2. The summed E-state index contributed by atoms with van der Waals surface area (Å²) >= 11 is 9.41. The topological polar surface area (TPSA) is 32.3 Å². The smallest absolute Gasteiger partial charge is 0.0688 e. The zero-order valence-corrected chi connectivity index (χ0v) is 12.1. The first-order chi connectivity index (χ1) is 7.33. The van der Waals surface area contributed by atoms with Gasteiger partial charge in [0.2, 0.25) is 0 Å². The summed E-state index contributed by atoms with van der Waals surface area (Å²) in [4.78, 5) is 0. The Bertz CT molecular complexity index is 366. The largest absolute Gasteiger partial charge is 0.392 e. The molecule has 1 aromatic carbocycles. The average molecular weight is 307 g/mol. The number of rotatable bonds is 4. The van der Waals surface area contributed by atoms with Crippen molar-refractivity contribution in [2.75, 3.05) is 0 Å². The van der Waals surface area contributed by atoms with E-state index in [1.165, 1.54) is 0 Å². The molecule has 0 aliphatic heterocycles. The zero-order chi connectivity index (χ0) is 12.3. The molecular weight excluding hydrogens is 289 g/mol. The molecule has 0 aliphatic carbocycles. The fraction of sp³-hybridized carbons (Fsp3) is 0.500. The van der Waals surface area contributed by atoms with Crippen LogP contribution in [0.15, 0.2) is 22.7 Å². The van der Waals surface area contributed by atoms with Gasteiger partial charge in [-0.2, -0.15) is 0 Å². The predicted molar refractivity (Wildman–Crippen MR) is 71.8 cm³/mol. The predicted octanol–water partition coefficient (Wildman–Crippen LogP) is 3.35. The number of nitrogens with one attached hydrogen (secondary N) is 1. The van der Waals surface area contributed by atoms with Crippen LogP contribution in [0.4, 0.5) is 0 Å². The number of halogens is 2. The number of benzene rings is 1. The van der Waals surface area contributed by atoms with Crippen LogP contribution in [0.1, 0.15) is 26.3 Å². The van der Waals surface area contributed by atoms with Gasteiger partial charge in [0, 0.05) is 21.6 Å². The van der Waals surface area contributed by atoms with E-state index in [0.29, 0.717) is 6.54 Å². The Balaban J connectivity index is 2.71. The second kappa shape index (κ2) is 5.50. The molecule has 0 radical (unpaired) electrons. The van der Waals surface area contributed by atoms with Crippen molar-refractivity contribution in [1.82, 2.24) is 5.32 Å². The van der Waals surface area contributed by atoms with E-state index in [4.69, 9.17) is 11.6 Å². The highest BCUT2D eigenvalue weighted by molar-refractivity contribution is 9.10. The maximum atomic E-state index is 9.58. The molecule has 90 valence electrons. The quantitative estimate of drug-likeness (QED) is 0.894. The van der Waals surface area contributed by atoms with Crippen molar-refractivity contribution < 1.29 is 5.11 Å². The van der Waals surface area contributed by atoms with Crippen LogP contribution in [0, 0.1) is 0 Å². The van der Waals surface area contributed by atoms with Gasteiger partial charge in [-0.3, -0.25) is 0 Å². The van der Waals surface area contributed by atoms with Crippen molar-refractivity contribution in [1.29, 1.82) is 0 Å². The average Bonchev–Trinajstić information content (AvgIpc) is 2.19. The zero-order valence-electron chi connectivity index (χ0n) is 9.72. The lowest BCUT2D eigenvalue weighted by Crippen LogP contribution is -2.47. The molecule has 0 saturated heterocycles. The van der Waals surface area contributed by atoms with E-state index in [-0.39, 0.29) is 5.54 Å². The molecule has 0 aliphatic rings. The third-order valence-electron chi connectivity index (χ3n) is 2.79. The van der Waals surface area contributed by atoms with Gasteiger partial charge in [-0.1, -0.05) is 27.5 Å². The van der Waals surface area contributed by atoms with Gasteiger partial charge in [0.15, 0.2) is 0 Å². The van der Waals surface area contributed by atoms with Crippen molar-refractivity contribution >= 4 is 27.5 Å². The van der Waals surface area contributed by atoms with Gasteiger partial charge >= 0.3 is 0 Å². The van der Waals surface area contributed by atoms with E-state index in [1.54, 1.807) is 6.92 Å². The minimum absolute atomic E-state index is 0.318. The molecule has 0 spiro atoms. The Morgan fingerprint density at radius 1 is 1.50 bits per heavy atom. The van der Waals surface area contributed by atoms with Crippen molar-refractivity contribution in [3.8, 4) is 0 Å². The fourth-order valence-corrected chi connectivity index (χ4v) is 1.73. The maximum Gasteiger partial charge on any atom is 0.0688 e. The van der Waals surface area contributed by atoms with E-state index >= 15 is 0 Å². The highest BCUT2D eigenvalue weighted by atomic mass is 79.9. The lowest BCUT2D eigenvalue weighted by molar-refractivity contribution is 0.0956. The number of aliphatic hydroxyl groups excluding tert-OH is 1. The third kappa shape index (κ3) is 3.74. The van der Waals surface area contributed by atoms with Gasteiger partial charge in [-0.15, -0.1) is 0 Å². The van der Waals surface area contributed by atoms with Crippen molar-refractivity contribution in [2.45, 2.75) is 39.0 Å². The highest BCUT2D eigenvalue weighted by Gasteiger charge is 2.23. The SMILES string of the molecule is CC(O)C(C)(C)NCc1cc(Cl)ccc1Br. The van der Waals surface area contributed by atoms with Crippen LogP contribution in [-0.2, 0) is 6.54 Å². The van der Waals surface area contributed by atoms with Crippen LogP contribution < -0.4 is 5.32 Å². The molecule has 0 fully saturated rings. The molecule has 1 atom stereocenters. The molecule has 16 heavy (non-hydrogen) atoms. The Labute approximate surface area is 110 Å². The molecule has 0 bridgehead atoms. The first-order valence-electron chi connectivity index (χ1n) is 5.20. The standard InChI is InChI=1S/C12H17BrClNO/c1-8(16)12(2,3)15-7-9-6-10(14)4-5-11(9)13/h4-6,8,15-16H,7H2,1-3H3. The van der Waals surface area contributed by atoms with Gasteiger partial charge in [0.1, 0.15) is 0 Å².